The second kappa shape index (κ2) is 4.45. The van der Waals surface area contributed by atoms with Gasteiger partial charge in [0.1, 0.15) is 5.15 Å². The average molecular weight is 229 g/mol. The maximum atomic E-state index is 9.38. The second-order valence-corrected chi connectivity index (χ2v) is 4.14. The highest BCUT2D eigenvalue weighted by atomic mass is 35.5. The third-order valence-electron chi connectivity index (χ3n) is 2.56. The molecule has 0 aromatic carbocycles. The second-order valence-electron chi connectivity index (χ2n) is 3.78. The normalized spacial score (nSPS) is 27.1. The first-order valence-corrected chi connectivity index (χ1v) is 5.22. The SMILES string of the molecule is O[C@@H]1CN(Cc2cccnc2Cl)C[C@@H]1O. The molecule has 82 valence electrons. The van der Waals surface area contributed by atoms with E-state index in [1.807, 2.05) is 17.0 Å². The van der Waals surface area contributed by atoms with Gasteiger partial charge in [-0.3, -0.25) is 4.90 Å². The van der Waals surface area contributed by atoms with E-state index in [1.54, 1.807) is 6.20 Å². The number of pyridine rings is 1. The highest BCUT2D eigenvalue weighted by Crippen LogP contribution is 2.18. The van der Waals surface area contributed by atoms with Crippen molar-refractivity contribution in [3.63, 3.8) is 0 Å². The minimum Gasteiger partial charge on any atom is -0.389 e. The van der Waals surface area contributed by atoms with Gasteiger partial charge in [-0.2, -0.15) is 0 Å². The molecule has 0 unspecified atom stereocenters. The van der Waals surface area contributed by atoms with E-state index < -0.39 is 12.2 Å². The van der Waals surface area contributed by atoms with Crippen LogP contribution >= 0.6 is 11.6 Å². The molecule has 15 heavy (non-hydrogen) atoms. The fourth-order valence-corrected chi connectivity index (χ4v) is 1.93. The van der Waals surface area contributed by atoms with Crippen LogP contribution in [0, 0.1) is 0 Å². The van der Waals surface area contributed by atoms with Crippen molar-refractivity contribution in [3.8, 4) is 0 Å². The van der Waals surface area contributed by atoms with Gasteiger partial charge in [0.25, 0.3) is 0 Å². The lowest BCUT2D eigenvalue weighted by Crippen LogP contribution is -2.22. The first-order valence-electron chi connectivity index (χ1n) is 4.84. The highest BCUT2D eigenvalue weighted by Gasteiger charge is 2.29. The summed E-state index contributed by atoms with van der Waals surface area (Å²) in [4.78, 5) is 5.93. The van der Waals surface area contributed by atoms with Gasteiger partial charge in [0.05, 0.1) is 12.2 Å². The molecule has 0 radical (unpaired) electrons. The van der Waals surface area contributed by atoms with Crippen molar-refractivity contribution in [2.75, 3.05) is 13.1 Å². The molecule has 0 aliphatic carbocycles. The summed E-state index contributed by atoms with van der Waals surface area (Å²) in [7, 11) is 0. The van der Waals surface area contributed by atoms with Gasteiger partial charge in [0, 0.05) is 31.4 Å². The largest absolute Gasteiger partial charge is 0.389 e. The third kappa shape index (κ3) is 2.46. The minimum atomic E-state index is -0.652. The summed E-state index contributed by atoms with van der Waals surface area (Å²) in [6, 6.07) is 3.72. The van der Waals surface area contributed by atoms with Gasteiger partial charge in [-0.15, -0.1) is 0 Å². The topological polar surface area (TPSA) is 56.6 Å². The molecule has 2 N–H and O–H groups in total. The Morgan fingerprint density at radius 3 is 2.67 bits per heavy atom. The smallest absolute Gasteiger partial charge is 0.133 e. The molecular formula is C10H13ClN2O2. The summed E-state index contributed by atoms with van der Waals surface area (Å²) in [6.07, 6.45) is 0.334. The van der Waals surface area contributed by atoms with Gasteiger partial charge < -0.3 is 10.2 Å². The fraction of sp³-hybridized carbons (Fsp3) is 0.500. The van der Waals surface area contributed by atoms with Crippen molar-refractivity contribution in [2.45, 2.75) is 18.8 Å². The number of likely N-dealkylation sites (tertiary alicyclic amines) is 1. The minimum absolute atomic E-state index is 0.479. The van der Waals surface area contributed by atoms with Crippen LogP contribution in [0.3, 0.4) is 0 Å². The van der Waals surface area contributed by atoms with Gasteiger partial charge in [-0.05, 0) is 6.07 Å². The van der Waals surface area contributed by atoms with Crippen LogP contribution in [-0.2, 0) is 6.54 Å². The molecule has 0 amide bonds. The summed E-state index contributed by atoms with van der Waals surface area (Å²) in [5.41, 5.74) is 0.917. The summed E-state index contributed by atoms with van der Waals surface area (Å²) >= 11 is 5.91. The van der Waals surface area contributed by atoms with Crippen LogP contribution < -0.4 is 0 Å². The molecule has 1 fully saturated rings. The average Bonchev–Trinajstić information content (AvgIpc) is 2.50. The van der Waals surface area contributed by atoms with Crippen molar-refractivity contribution in [1.82, 2.24) is 9.88 Å². The van der Waals surface area contributed by atoms with Crippen LogP contribution in [0.5, 0.6) is 0 Å². The quantitative estimate of drug-likeness (QED) is 0.714. The van der Waals surface area contributed by atoms with Crippen LogP contribution in [0.25, 0.3) is 0 Å². The standard InChI is InChI=1S/C10H13ClN2O2/c11-10-7(2-1-3-12-10)4-13-5-8(14)9(15)6-13/h1-3,8-9,14-15H,4-6H2/t8-,9+. The number of aromatic nitrogens is 1. The maximum absolute atomic E-state index is 9.38. The fourth-order valence-electron chi connectivity index (χ4n) is 1.75. The van der Waals surface area contributed by atoms with Gasteiger partial charge in [-0.25, -0.2) is 4.98 Å². The van der Waals surface area contributed by atoms with Gasteiger partial charge in [0.15, 0.2) is 0 Å². The zero-order valence-corrected chi connectivity index (χ0v) is 8.93. The Labute approximate surface area is 93.1 Å². The molecule has 2 heterocycles. The number of aliphatic hydroxyl groups is 2. The van der Waals surface area contributed by atoms with E-state index in [4.69, 9.17) is 11.6 Å². The maximum Gasteiger partial charge on any atom is 0.133 e. The lowest BCUT2D eigenvalue weighted by atomic mass is 10.3. The lowest BCUT2D eigenvalue weighted by Gasteiger charge is -2.14. The van der Waals surface area contributed by atoms with Crippen molar-refractivity contribution < 1.29 is 10.2 Å². The Morgan fingerprint density at radius 1 is 1.40 bits per heavy atom. The summed E-state index contributed by atoms with van der Waals surface area (Å²) in [5, 5.41) is 19.2. The van der Waals surface area contributed by atoms with Gasteiger partial charge in [0.2, 0.25) is 0 Å². The number of hydrogen-bond donors (Lipinski definition) is 2. The molecule has 1 aliphatic heterocycles. The van der Waals surface area contributed by atoms with Gasteiger partial charge in [-0.1, -0.05) is 17.7 Å². The van der Waals surface area contributed by atoms with E-state index in [0.29, 0.717) is 24.8 Å². The van der Waals surface area contributed by atoms with Crippen LogP contribution in [-0.4, -0.2) is 45.4 Å². The molecule has 5 heteroatoms. The Kier molecular flexibility index (Phi) is 3.21. The van der Waals surface area contributed by atoms with Crippen molar-refractivity contribution in [1.29, 1.82) is 0 Å². The molecule has 1 aromatic rings. The predicted octanol–water partition coefficient (Wildman–Crippen LogP) is 0.272. The van der Waals surface area contributed by atoms with Crippen LogP contribution in [0.1, 0.15) is 5.56 Å². The van der Waals surface area contributed by atoms with Crippen LogP contribution in [0.15, 0.2) is 18.3 Å². The van der Waals surface area contributed by atoms with E-state index in [1.165, 1.54) is 0 Å². The predicted molar refractivity (Wildman–Crippen MR) is 56.5 cm³/mol. The number of rotatable bonds is 2. The summed E-state index contributed by atoms with van der Waals surface area (Å²) < 4.78 is 0. The van der Waals surface area contributed by atoms with Gasteiger partial charge >= 0.3 is 0 Å². The summed E-state index contributed by atoms with van der Waals surface area (Å²) in [5.74, 6) is 0. The van der Waals surface area contributed by atoms with E-state index in [9.17, 15) is 10.2 Å². The van der Waals surface area contributed by atoms with Crippen LogP contribution in [0.4, 0.5) is 0 Å². The lowest BCUT2D eigenvalue weighted by molar-refractivity contribution is 0.0572. The van der Waals surface area contributed by atoms with Crippen molar-refractivity contribution in [3.05, 3.63) is 29.0 Å². The molecule has 0 bridgehead atoms. The van der Waals surface area contributed by atoms with E-state index >= 15 is 0 Å². The molecule has 1 aliphatic rings. The first kappa shape index (κ1) is 10.8. The van der Waals surface area contributed by atoms with E-state index in [2.05, 4.69) is 4.98 Å². The number of halogens is 1. The van der Waals surface area contributed by atoms with Crippen LogP contribution in [0.2, 0.25) is 5.15 Å². The number of hydrogen-bond acceptors (Lipinski definition) is 4. The molecule has 0 spiro atoms. The first-order chi connectivity index (χ1) is 7.16. The molecule has 1 aromatic heterocycles. The monoisotopic (exact) mass is 228 g/mol. The Hall–Kier alpha value is -0.680. The number of nitrogens with zero attached hydrogens (tertiary/aromatic N) is 2. The Bertz CT molecular complexity index is 338. The van der Waals surface area contributed by atoms with E-state index in [-0.39, 0.29) is 0 Å². The number of aliphatic hydroxyl groups excluding tert-OH is 2. The molecule has 1 saturated heterocycles. The molecule has 2 rings (SSSR count). The van der Waals surface area contributed by atoms with E-state index in [0.717, 1.165) is 5.56 Å². The molecular weight excluding hydrogens is 216 g/mol. The highest BCUT2D eigenvalue weighted by molar-refractivity contribution is 6.30. The summed E-state index contributed by atoms with van der Waals surface area (Å²) in [6.45, 7) is 1.57. The third-order valence-corrected chi connectivity index (χ3v) is 2.91. The molecule has 0 saturated carbocycles. The molecule has 4 nitrogen and oxygen atoms in total. The molecule has 2 atom stereocenters. The van der Waals surface area contributed by atoms with Crippen molar-refractivity contribution >= 4 is 11.6 Å². The number of β-amino-alcohol motifs (C(OH)–C–C–N with tert-alkyl or cyclic N) is 2. The Balaban J connectivity index is 2.01. The van der Waals surface area contributed by atoms with Crippen molar-refractivity contribution in [2.24, 2.45) is 0 Å². The zero-order valence-electron chi connectivity index (χ0n) is 8.17. The Morgan fingerprint density at radius 2 is 2.07 bits per heavy atom. The zero-order chi connectivity index (χ0) is 10.8.